The molecule has 59 valence electrons. The van der Waals surface area contributed by atoms with Crippen LogP contribution < -0.4 is 5.73 Å². The number of aromatic nitrogens is 1. The first-order chi connectivity index (χ1) is 4.79. The fraction of sp³-hybridized carbons (Fsp3) is 0.286. The van der Waals surface area contributed by atoms with E-state index in [-0.39, 0.29) is 32.7 Å². The summed E-state index contributed by atoms with van der Waals surface area (Å²) in [6, 6.07) is 4.66. The minimum atomic E-state index is 0. The van der Waals surface area contributed by atoms with Gasteiger partial charge in [0.15, 0.2) is 0 Å². The van der Waals surface area contributed by atoms with Crippen molar-refractivity contribution < 1.29 is 32.7 Å². The molecule has 0 bridgehead atoms. The molecule has 0 aromatic carbocycles. The first-order valence-corrected chi connectivity index (χ1v) is 4.92. The van der Waals surface area contributed by atoms with Crippen LogP contribution in [0.3, 0.4) is 0 Å². The molecular formula is C7H10IN2Y-. The summed E-state index contributed by atoms with van der Waals surface area (Å²) in [4.78, 5) is 5.73. The molecule has 1 aromatic heterocycles. The Labute approximate surface area is 106 Å². The van der Waals surface area contributed by atoms with Crippen molar-refractivity contribution in [3.8, 4) is 0 Å². The molecule has 11 heavy (non-hydrogen) atoms. The van der Waals surface area contributed by atoms with Gasteiger partial charge in [0.05, 0.1) is 0 Å². The summed E-state index contributed by atoms with van der Waals surface area (Å²) in [7, 11) is 0. The van der Waals surface area contributed by atoms with Crippen molar-refractivity contribution >= 4 is 28.4 Å². The molecule has 0 fully saturated rings. The number of aryl methyl sites for hydroxylation is 1. The number of nitrogen functional groups attached to an aromatic ring is 1. The van der Waals surface area contributed by atoms with E-state index in [4.69, 9.17) is 5.73 Å². The van der Waals surface area contributed by atoms with E-state index < -0.39 is 0 Å². The zero-order valence-electron chi connectivity index (χ0n) is 6.63. The summed E-state index contributed by atoms with van der Waals surface area (Å²) in [5, 5.41) is 0. The maximum absolute atomic E-state index is 5.33. The number of hydrogen-bond donors (Lipinski definition) is 1. The summed E-state index contributed by atoms with van der Waals surface area (Å²) in [5.74, 6) is 0.557. The Hall–Kier alpha value is 0.784. The molecule has 0 spiro atoms. The Morgan fingerprint density at radius 1 is 1.55 bits per heavy atom. The Bertz CT molecular complexity index is 176. The maximum atomic E-state index is 5.33. The van der Waals surface area contributed by atoms with E-state index in [1.165, 1.54) is 0 Å². The average molecular weight is 338 g/mol. The minimum Gasteiger partial charge on any atom is -0.399 e. The third-order valence-electron chi connectivity index (χ3n) is 0.870. The van der Waals surface area contributed by atoms with Crippen molar-refractivity contribution in [3.05, 3.63) is 23.9 Å². The smallest absolute Gasteiger partial charge is 0.0383 e. The quantitative estimate of drug-likeness (QED) is 0.445. The van der Waals surface area contributed by atoms with Crippen molar-refractivity contribution in [2.45, 2.75) is 6.92 Å². The van der Waals surface area contributed by atoms with Crippen molar-refractivity contribution in [1.29, 1.82) is 0 Å². The van der Waals surface area contributed by atoms with Crippen molar-refractivity contribution in [3.63, 3.8) is 0 Å². The molecule has 0 aliphatic carbocycles. The minimum absolute atomic E-state index is 0. The van der Waals surface area contributed by atoms with E-state index in [2.05, 4.69) is 33.6 Å². The van der Waals surface area contributed by atoms with Gasteiger partial charge in [0.25, 0.3) is 0 Å². The topological polar surface area (TPSA) is 38.9 Å². The molecule has 0 aliphatic heterocycles. The molecule has 0 amide bonds. The van der Waals surface area contributed by atoms with Crippen LogP contribution in [0.15, 0.2) is 12.3 Å². The Balaban J connectivity index is 0. The van der Waals surface area contributed by atoms with E-state index >= 15 is 0 Å². The van der Waals surface area contributed by atoms with E-state index in [0.29, 0.717) is 5.82 Å². The van der Waals surface area contributed by atoms with Gasteiger partial charge in [-0.05, 0) is 4.93 Å². The van der Waals surface area contributed by atoms with Crippen molar-refractivity contribution in [2.75, 3.05) is 10.7 Å². The van der Waals surface area contributed by atoms with Gasteiger partial charge in [0.2, 0.25) is 0 Å². The van der Waals surface area contributed by atoms with Gasteiger partial charge in [-0.3, -0.25) is 4.98 Å². The van der Waals surface area contributed by atoms with Gasteiger partial charge in [-0.25, -0.2) is 11.6 Å². The molecule has 1 aromatic rings. The molecule has 1 heterocycles. The van der Waals surface area contributed by atoms with Crippen molar-refractivity contribution in [2.24, 2.45) is 0 Å². The molecule has 0 saturated heterocycles. The number of alkyl halides is 1. The Morgan fingerprint density at radius 3 is 2.36 bits per heavy atom. The molecule has 0 unspecified atom stereocenters. The van der Waals surface area contributed by atoms with Gasteiger partial charge in [0.1, 0.15) is 0 Å². The first-order valence-electron chi connectivity index (χ1n) is 2.76. The summed E-state index contributed by atoms with van der Waals surface area (Å²) < 4.78 is 0. The molecular weight excluding hydrogens is 328 g/mol. The van der Waals surface area contributed by atoms with E-state index in [9.17, 15) is 0 Å². The predicted molar refractivity (Wildman–Crippen MR) is 52.2 cm³/mol. The number of rotatable bonds is 0. The van der Waals surface area contributed by atoms with Gasteiger partial charge in [-0.15, -0.1) is 0 Å². The summed E-state index contributed by atoms with van der Waals surface area (Å²) in [6.07, 6.45) is 1.57. The van der Waals surface area contributed by atoms with Crippen LogP contribution >= 0.6 is 22.6 Å². The Kier molecular flexibility index (Phi) is 11.6. The van der Waals surface area contributed by atoms with E-state index in [1.807, 2.05) is 11.9 Å². The molecule has 2 nitrogen and oxygen atoms in total. The summed E-state index contributed by atoms with van der Waals surface area (Å²) in [6.45, 7) is 1.93. The molecule has 2 N–H and O–H groups in total. The van der Waals surface area contributed by atoms with Crippen LogP contribution in [-0.2, 0) is 32.7 Å². The number of nitrogens with zero attached hydrogens (tertiary/aromatic N) is 1. The van der Waals surface area contributed by atoms with Gasteiger partial charge in [0, 0.05) is 38.5 Å². The SMILES string of the molecule is CI.Cc1[c-]cnc(N)c1.[Y]. The van der Waals surface area contributed by atoms with Crippen molar-refractivity contribution in [1.82, 2.24) is 4.98 Å². The second-order valence-electron chi connectivity index (χ2n) is 1.65. The normalized spacial score (nSPS) is 7.18. The fourth-order valence-corrected chi connectivity index (χ4v) is 0.509. The van der Waals surface area contributed by atoms with Crippen LogP contribution in [0.2, 0.25) is 0 Å². The molecule has 1 rings (SSSR count). The number of nitrogens with two attached hydrogens (primary N) is 1. The molecule has 0 atom stereocenters. The van der Waals surface area contributed by atoms with Gasteiger partial charge >= 0.3 is 0 Å². The number of anilines is 1. The second-order valence-corrected chi connectivity index (χ2v) is 1.65. The van der Waals surface area contributed by atoms with E-state index in [0.717, 1.165) is 5.56 Å². The zero-order valence-corrected chi connectivity index (χ0v) is 11.6. The van der Waals surface area contributed by atoms with Gasteiger partial charge in [-0.2, -0.15) is 6.07 Å². The van der Waals surface area contributed by atoms with Gasteiger partial charge in [-0.1, -0.05) is 35.7 Å². The Morgan fingerprint density at radius 2 is 2.09 bits per heavy atom. The number of pyridine rings is 1. The standard InChI is InChI=1S/C6H7N2.CH3I.Y/c1-5-2-3-8-6(7)4-5;1-2;/h3-4H,1H3,(H2,7,8);1H3;/q-1;;. The largest absolute Gasteiger partial charge is 0.399 e. The molecule has 1 radical (unpaired) electrons. The third-order valence-corrected chi connectivity index (χ3v) is 0.870. The third kappa shape index (κ3) is 7.15. The van der Waals surface area contributed by atoms with Crippen LogP contribution in [0.5, 0.6) is 0 Å². The summed E-state index contributed by atoms with van der Waals surface area (Å²) in [5.41, 5.74) is 6.35. The molecule has 0 saturated carbocycles. The van der Waals surface area contributed by atoms with Crippen LogP contribution in [0.25, 0.3) is 0 Å². The fourth-order valence-electron chi connectivity index (χ4n) is 0.509. The molecule has 4 heteroatoms. The molecule has 0 aliphatic rings. The van der Waals surface area contributed by atoms with Crippen LogP contribution in [-0.4, -0.2) is 9.91 Å². The zero-order chi connectivity index (χ0) is 7.98. The first kappa shape index (κ1) is 14.3. The van der Waals surface area contributed by atoms with E-state index in [1.54, 1.807) is 12.3 Å². The van der Waals surface area contributed by atoms with Crippen LogP contribution in [0, 0.1) is 13.0 Å². The van der Waals surface area contributed by atoms with Crippen LogP contribution in [0.1, 0.15) is 5.56 Å². The van der Waals surface area contributed by atoms with Crippen LogP contribution in [0.4, 0.5) is 5.82 Å². The maximum Gasteiger partial charge on any atom is 0.0383 e. The predicted octanol–water partition coefficient (Wildman–Crippen LogP) is 1.82. The average Bonchev–Trinajstić information content (AvgIpc) is 1.91. The second kappa shape index (κ2) is 8.88. The monoisotopic (exact) mass is 338 g/mol. The van der Waals surface area contributed by atoms with Gasteiger partial charge < -0.3 is 5.73 Å². The summed E-state index contributed by atoms with van der Waals surface area (Å²) >= 11 is 2.15. The number of hydrogen-bond acceptors (Lipinski definition) is 2. The number of halogens is 1.